The van der Waals surface area contributed by atoms with Crippen LogP contribution in [0.5, 0.6) is 0 Å². The Morgan fingerprint density at radius 3 is 2.68 bits per heavy atom. The van der Waals surface area contributed by atoms with Gasteiger partial charge in [-0.1, -0.05) is 6.92 Å². The molecule has 3 N–H and O–H groups in total. The van der Waals surface area contributed by atoms with Crippen LogP contribution < -0.4 is 5.73 Å². The van der Waals surface area contributed by atoms with Crippen molar-refractivity contribution in [1.29, 1.82) is 0 Å². The maximum Gasteiger partial charge on any atom is 0.225 e. The number of amides is 1. The van der Waals surface area contributed by atoms with E-state index in [1.165, 1.54) is 0 Å². The summed E-state index contributed by atoms with van der Waals surface area (Å²) in [6.07, 6.45) is 4.70. The highest BCUT2D eigenvalue weighted by atomic mass is 16.3. The number of aliphatic hydroxyl groups is 1. The molecule has 2 saturated carbocycles. The molecular weight excluding hydrogens is 240 g/mol. The maximum atomic E-state index is 12.6. The van der Waals surface area contributed by atoms with Crippen molar-refractivity contribution in [2.45, 2.75) is 51.2 Å². The van der Waals surface area contributed by atoms with E-state index >= 15 is 0 Å². The normalized spacial score (nSPS) is 46.4. The van der Waals surface area contributed by atoms with Gasteiger partial charge in [-0.15, -0.1) is 0 Å². The van der Waals surface area contributed by atoms with Crippen LogP contribution in [0.1, 0.15) is 39.0 Å². The lowest BCUT2D eigenvalue weighted by molar-refractivity contribution is -0.136. The standard InChI is InChI=1S/C15H26N2O2/c1-9-4-11(6-12(16)5-9)15(19)17-7-10-2-3-14(18)13(10)8-17/h9-14,18H,2-8,16H2,1H3. The first-order valence-electron chi connectivity index (χ1n) is 7.77. The fraction of sp³-hybridized carbons (Fsp3) is 0.933. The average molecular weight is 266 g/mol. The van der Waals surface area contributed by atoms with Crippen LogP contribution in [0.2, 0.25) is 0 Å². The molecule has 0 aromatic heterocycles. The third-order valence-corrected chi connectivity index (χ3v) is 5.46. The molecule has 0 bridgehead atoms. The van der Waals surface area contributed by atoms with Crippen molar-refractivity contribution in [2.24, 2.45) is 29.4 Å². The predicted molar refractivity (Wildman–Crippen MR) is 73.3 cm³/mol. The summed E-state index contributed by atoms with van der Waals surface area (Å²) >= 11 is 0. The van der Waals surface area contributed by atoms with Gasteiger partial charge in [0.25, 0.3) is 0 Å². The van der Waals surface area contributed by atoms with E-state index < -0.39 is 0 Å². The van der Waals surface area contributed by atoms with Gasteiger partial charge in [-0.05, 0) is 43.9 Å². The molecule has 6 atom stereocenters. The second-order valence-electron chi connectivity index (χ2n) is 7.08. The predicted octanol–water partition coefficient (Wildman–Crippen LogP) is 0.979. The van der Waals surface area contributed by atoms with E-state index in [9.17, 15) is 9.90 Å². The van der Waals surface area contributed by atoms with Gasteiger partial charge >= 0.3 is 0 Å². The summed E-state index contributed by atoms with van der Waals surface area (Å²) in [5, 5.41) is 9.94. The largest absolute Gasteiger partial charge is 0.393 e. The van der Waals surface area contributed by atoms with Crippen molar-refractivity contribution in [3.8, 4) is 0 Å². The van der Waals surface area contributed by atoms with E-state index in [-0.39, 0.29) is 18.1 Å². The van der Waals surface area contributed by atoms with E-state index in [2.05, 4.69) is 6.92 Å². The summed E-state index contributed by atoms with van der Waals surface area (Å²) in [4.78, 5) is 14.6. The Morgan fingerprint density at radius 1 is 1.21 bits per heavy atom. The molecule has 108 valence electrons. The fourth-order valence-corrected chi connectivity index (χ4v) is 4.53. The SMILES string of the molecule is CC1CC(N)CC(C(=O)N2CC3CCC(O)C3C2)C1. The van der Waals surface area contributed by atoms with Crippen LogP contribution in [0.15, 0.2) is 0 Å². The minimum absolute atomic E-state index is 0.120. The van der Waals surface area contributed by atoms with Crippen molar-refractivity contribution >= 4 is 5.91 Å². The van der Waals surface area contributed by atoms with E-state index in [1.807, 2.05) is 4.90 Å². The third kappa shape index (κ3) is 2.52. The number of aliphatic hydroxyl groups excluding tert-OH is 1. The molecule has 6 unspecified atom stereocenters. The molecule has 1 saturated heterocycles. The van der Waals surface area contributed by atoms with Gasteiger partial charge in [0.1, 0.15) is 0 Å². The van der Waals surface area contributed by atoms with Gasteiger partial charge in [0.15, 0.2) is 0 Å². The van der Waals surface area contributed by atoms with Gasteiger partial charge in [0.2, 0.25) is 5.91 Å². The molecule has 2 aliphatic carbocycles. The minimum atomic E-state index is -0.185. The van der Waals surface area contributed by atoms with Crippen molar-refractivity contribution in [3.05, 3.63) is 0 Å². The van der Waals surface area contributed by atoms with Crippen molar-refractivity contribution in [1.82, 2.24) is 4.90 Å². The molecular formula is C15H26N2O2. The lowest BCUT2D eigenvalue weighted by Crippen LogP contribution is -2.42. The highest BCUT2D eigenvalue weighted by Gasteiger charge is 2.44. The first kappa shape index (κ1) is 13.4. The molecule has 3 fully saturated rings. The Hall–Kier alpha value is -0.610. The fourth-order valence-electron chi connectivity index (χ4n) is 4.53. The summed E-state index contributed by atoms with van der Waals surface area (Å²) in [6, 6.07) is 0.186. The minimum Gasteiger partial charge on any atom is -0.393 e. The number of nitrogens with two attached hydrogens (primary N) is 1. The molecule has 0 aromatic rings. The quantitative estimate of drug-likeness (QED) is 0.743. The highest BCUT2D eigenvalue weighted by molar-refractivity contribution is 5.79. The molecule has 0 spiro atoms. The number of nitrogens with zero attached hydrogens (tertiary/aromatic N) is 1. The monoisotopic (exact) mass is 266 g/mol. The van der Waals surface area contributed by atoms with Crippen LogP contribution >= 0.6 is 0 Å². The van der Waals surface area contributed by atoms with Crippen molar-refractivity contribution in [2.75, 3.05) is 13.1 Å². The van der Waals surface area contributed by atoms with Crippen molar-refractivity contribution in [3.63, 3.8) is 0 Å². The Morgan fingerprint density at radius 2 is 2.00 bits per heavy atom. The van der Waals surface area contributed by atoms with Gasteiger partial charge in [0.05, 0.1) is 6.10 Å². The van der Waals surface area contributed by atoms with E-state index in [1.54, 1.807) is 0 Å². The van der Waals surface area contributed by atoms with Gasteiger partial charge < -0.3 is 15.7 Å². The topological polar surface area (TPSA) is 66.6 Å². The molecule has 19 heavy (non-hydrogen) atoms. The second-order valence-corrected chi connectivity index (χ2v) is 7.08. The number of hydrogen-bond acceptors (Lipinski definition) is 3. The van der Waals surface area contributed by atoms with E-state index in [0.29, 0.717) is 23.7 Å². The zero-order valence-corrected chi connectivity index (χ0v) is 11.8. The zero-order valence-electron chi connectivity index (χ0n) is 11.8. The number of fused-ring (bicyclic) bond motifs is 1. The van der Waals surface area contributed by atoms with Crippen LogP contribution in [0, 0.1) is 23.7 Å². The number of rotatable bonds is 1. The maximum absolute atomic E-state index is 12.6. The molecule has 4 heteroatoms. The van der Waals surface area contributed by atoms with Gasteiger partial charge in [-0.3, -0.25) is 4.79 Å². The molecule has 1 heterocycles. The van der Waals surface area contributed by atoms with E-state index in [4.69, 9.17) is 5.73 Å². The molecule has 3 aliphatic rings. The lowest BCUT2D eigenvalue weighted by Gasteiger charge is -2.33. The number of carbonyl (C=O) groups is 1. The molecule has 0 radical (unpaired) electrons. The third-order valence-electron chi connectivity index (χ3n) is 5.46. The van der Waals surface area contributed by atoms with Crippen LogP contribution in [0.3, 0.4) is 0 Å². The Bertz CT molecular complexity index is 350. The highest BCUT2D eigenvalue weighted by Crippen LogP contribution is 2.39. The van der Waals surface area contributed by atoms with Crippen LogP contribution in [0.25, 0.3) is 0 Å². The molecule has 1 amide bonds. The Balaban J connectivity index is 1.62. The summed E-state index contributed by atoms with van der Waals surface area (Å²) in [5.41, 5.74) is 6.06. The first-order chi connectivity index (χ1) is 9.04. The summed E-state index contributed by atoms with van der Waals surface area (Å²) in [7, 11) is 0. The molecule has 3 rings (SSSR count). The molecule has 0 aromatic carbocycles. The summed E-state index contributed by atoms with van der Waals surface area (Å²) in [6.45, 7) is 3.83. The van der Waals surface area contributed by atoms with Crippen LogP contribution in [0.4, 0.5) is 0 Å². The smallest absolute Gasteiger partial charge is 0.225 e. The van der Waals surface area contributed by atoms with Crippen LogP contribution in [-0.4, -0.2) is 41.1 Å². The van der Waals surface area contributed by atoms with Gasteiger partial charge in [-0.25, -0.2) is 0 Å². The van der Waals surface area contributed by atoms with Crippen molar-refractivity contribution < 1.29 is 9.90 Å². The van der Waals surface area contributed by atoms with Gasteiger partial charge in [-0.2, -0.15) is 0 Å². The number of hydrogen-bond donors (Lipinski definition) is 2. The summed E-state index contributed by atoms with van der Waals surface area (Å²) in [5.74, 6) is 1.84. The average Bonchev–Trinajstić information content (AvgIpc) is 2.90. The zero-order chi connectivity index (χ0) is 13.6. The Kier molecular flexibility index (Phi) is 3.56. The Labute approximate surface area is 115 Å². The summed E-state index contributed by atoms with van der Waals surface area (Å²) < 4.78 is 0. The number of carbonyl (C=O) groups excluding carboxylic acids is 1. The van der Waals surface area contributed by atoms with Gasteiger partial charge in [0, 0.05) is 31.0 Å². The second kappa shape index (κ2) is 5.06. The number of likely N-dealkylation sites (tertiary alicyclic amines) is 1. The first-order valence-corrected chi connectivity index (χ1v) is 7.77. The lowest BCUT2D eigenvalue weighted by atomic mass is 9.79. The molecule has 4 nitrogen and oxygen atoms in total. The van der Waals surface area contributed by atoms with E-state index in [0.717, 1.165) is 45.2 Å². The van der Waals surface area contributed by atoms with Crippen LogP contribution in [-0.2, 0) is 4.79 Å². The molecule has 1 aliphatic heterocycles.